The number of aldehydes is 1. The van der Waals surface area contributed by atoms with E-state index in [1.807, 2.05) is 0 Å². The molecule has 0 aliphatic heterocycles. The summed E-state index contributed by atoms with van der Waals surface area (Å²) < 4.78 is 0. The van der Waals surface area contributed by atoms with Gasteiger partial charge in [0.05, 0.1) is 6.20 Å². The third kappa shape index (κ3) is 1.05. The average Bonchev–Trinajstić information content (AvgIpc) is 1.88. The molecule has 0 fully saturated rings. The van der Waals surface area contributed by atoms with Crippen LogP contribution in [0.3, 0.4) is 0 Å². The Morgan fingerprint density at radius 3 is 2.70 bits per heavy atom. The normalized spacial score (nSPS) is 9.20. The number of carbonyl (C=O) groups is 1. The van der Waals surface area contributed by atoms with Crippen molar-refractivity contribution < 1.29 is 15.0 Å². The van der Waals surface area contributed by atoms with Gasteiger partial charge in [-0.05, 0) is 0 Å². The fourth-order valence-electron chi connectivity index (χ4n) is 0.544. The number of pyridine rings is 1. The molecule has 0 bridgehead atoms. The standard InChI is InChI=1S/C6H5NO3/c8-3-5-6(10)1-4(9)2-7-5/h1-3,9-10H. The summed E-state index contributed by atoms with van der Waals surface area (Å²) in [5.41, 5.74) is -0.0715. The van der Waals surface area contributed by atoms with Crippen LogP contribution in [0, 0.1) is 0 Å². The summed E-state index contributed by atoms with van der Waals surface area (Å²) in [6.45, 7) is 0. The monoisotopic (exact) mass is 139 g/mol. The molecular weight excluding hydrogens is 134 g/mol. The SMILES string of the molecule is O=Cc1ncc(O)cc1O. The van der Waals surface area contributed by atoms with Gasteiger partial charge in [0.1, 0.15) is 17.2 Å². The highest BCUT2D eigenvalue weighted by Crippen LogP contribution is 2.17. The van der Waals surface area contributed by atoms with Crippen molar-refractivity contribution in [1.82, 2.24) is 4.98 Å². The molecule has 2 N–H and O–H groups in total. The lowest BCUT2D eigenvalue weighted by atomic mass is 10.3. The summed E-state index contributed by atoms with van der Waals surface area (Å²) in [4.78, 5) is 13.5. The third-order valence-corrected chi connectivity index (χ3v) is 0.995. The Morgan fingerprint density at radius 1 is 1.50 bits per heavy atom. The van der Waals surface area contributed by atoms with Crippen molar-refractivity contribution in [3.05, 3.63) is 18.0 Å². The summed E-state index contributed by atoms with van der Waals surface area (Å²) in [5, 5.41) is 17.5. The highest BCUT2D eigenvalue weighted by molar-refractivity contribution is 5.76. The summed E-state index contributed by atoms with van der Waals surface area (Å²) >= 11 is 0. The second-order valence-electron chi connectivity index (χ2n) is 1.72. The van der Waals surface area contributed by atoms with Gasteiger partial charge in [0, 0.05) is 6.07 Å². The molecule has 0 saturated carbocycles. The highest BCUT2D eigenvalue weighted by atomic mass is 16.3. The summed E-state index contributed by atoms with van der Waals surface area (Å²) in [5.74, 6) is -0.474. The summed E-state index contributed by atoms with van der Waals surface area (Å²) in [7, 11) is 0. The number of carbonyl (C=O) groups excluding carboxylic acids is 1. The Morgan fingerprint density at radius 2 is 2.20 bits per heavy atom. The molecule has 0 saturated heterocycles. The number of rotatable bonds is 1. The minimum absolute atomic E-state index is 0.0715. The molecule has 0 spiro atoms. The van der Waals surface area contributed by atoms with Crippen LogP contribution in [0.5, 0.6) is 11.5 Å². The van der Waals surface area contributed by atoms with Crippen molar-refractivity contribution in [1.29, 1.82) is 0 Å². The highest BCUT2D eigenvalue weighted by Gasteiger charge is 2.00. The van der Waals surface area contributed by atoms with E-state index in [1.165, 1.54) is 0 Å². The van der Waals surface area contributed by atoms with Crippen LogP contribution in [-0.2, 0) is 0 Å². The number of aromatic nitrogens is 1. The van der Waals surface area contributed by atoms with Gasteiger partial charge >= 0.3 is 0 Å². The fraction of sp³-hybridized carbons (Fsp3) is 0. The number of aromatic hydroxyl groups is 2. The Hall–Kier alpha value is -1.58. The molecule has 1 heterocycles. The zero-order valence-electron chi connectivity index (χ0n) is 4.98. The van der Waals surface area contributed by atoms with E-state index in [1.54, 1.807) is 0 Å². The lowest BCUT2D eigenvalue weighted by molar-refractivity contribution is 0.111. The van der Waals surface area contributed by atoms with Gasteiger partial charge in [-0.25, -0.2) is 4.98 Å². The third-order valence-electron chi connectivity index (χ3n) is 0.995. The van der Waals surface area contributed by atoms with E-state index < -0.39 is 0 Å². The van der Waals surface area contributed by atoms with Crippen molar-refractivity contribution in [3.8, 4) is 11.5 Å². The second-order valence-corrected chi connectivity index (χ2v) is 1.72. The van der Waals surface area contributed by atoms with Crippen LogP contribution >= 0.6 is 0 Å². The zero-order chi connectivity index (χ0) is 7.56. The number of hydrogen-bond acceptors (Lipinski definition) is 4. The van der Waals surface area contributed by atoms with E-state index in [-0.39, 0.29) is 17.2 Å². The first-order valence-corrected chi connectivity index (χ1v) is 2.57. The minimum Gasteiger partial charge on any atom is -0.506 e. The number of nitrogens with zero attached hydrogens (tertiary/aromatic N) is 1. The summed E-state index contributed by atoms with van der Waals surface area (Å²) in [6.07, 6.45) is 1.50. The lowest BCUT2D eigenvalue weighted by Crippen LogP contribution is -1.85. The Labute approximate surface area is 56.8 Å². The molecular formula is C6H5NO3. The van der Waals surface area contributed by atoms with Crippen LogP contribution in [0.15, 0.2) is 12.3 Å². The van der Waals surface area contributed by atoms with Gasteiger partial charge in [0.15, 0.2) is 6.29 Å². The molecule has 0 aliphatic rings. The molecule has 0 unspecified atom stereocenters. The molecule has 1 aromatic heterocycles. The van der Waals surface area contributed by atoms with Gasteiger partial charge in [-0.15, -0.1) is 0 Å². The van der Waals surface area contributed by atoms with Gasteiger partial charge in [0.25, 0.3) is 0 Å². The van der Waals surface area contributed by atoms with Gasteiger partial charge in [-0.1, -0.05) is 0 Å². The maximum atomic E-state index is 10.0. The molecule has 0 atom stereocenters. The molecule has 52 valence electrons. The van der Waals surface area contributed by atoms with Gasteiger partial charge in [-0.3, -0.25) is 4.79 Å². The van der Waals surface area contributed by atoms with Crippen LogP contribution in [0.4, 0.5) is 0 Å². The van der Waals surface area contributed by atoms with E-state index in [2.05, 4.69) is 4.98 Å². The van der Waals surface area contributed by atoms with Crippen molar-refractivity contribution in [3.63, 3.8) is 0 Å². The van der Waals surface area contributed by atoms with Crippen molar-refractivity contribution in [2.75, 3.05) is 0 Å². The average molecular weight is 139 g/mol. The first-order chi connectivity index (χ1) is 4.74. The van der Waals surface area contributed by atoms with Crippen LogP contribution < -0.4 is 0 Å². The van der Waals surface area contributed by atoms with Gasteiger partial charge in [0.2, 0.25) is 0 Å². The van der Waals surface area contributed by atoms with E-state index >= 15 is 0 Å². The minimum atomic E-state index is -0.310. The molecule has 4 nitrogen and oxygen atoms in total. The summed E-state index contributed by atoms with van der Waals surface area (Å²) in [6, 6.07) is 1.05. The molecule has 1 rings (SSSR count). The molecule has 0 amide bonds. The molecule has 0 radical (unpaired) electrons. The van der Waals surface area contributed by atoms with Crippen LogP contribution in [0.1, 0.15) is 10.5 Å². The Kier molecular flexibility index (Phi) is 1.53. The smallest absolute Gasteiger partial charge is 0.172 e. The Bertz CT molecular complexity index is 259. The second kappa shape index (κ2) is 2.34. The first-order valence-electron chi connectivity index (χ1n) is 2.57. The van der Waals surface area contributed by atoms with E-state index in [9.17, 15) is 4.79 Å². The van der Waals surface area contributed by atoms with E-state index in [4.69, 9.17) is 10.2 Å². The fourth-order valence-corrected chi connectivity index (χ4v) is 0.544. The van der Waals surface area contributed by atoms with Crippen molar-refractivity contribution in [2.24, 2.45) is 0 Å². The van der Waals surface area contributed by atoms with E-state index in [0.29, 0.717) is 6.29 Å². The molecule has 1 aromatic rings. The maximum absolute atomic E-state index is 10.0. The van der Waals surface area contributed by atoms with Crippen LogP contribution in [0.2, 0.25) is 0 Å². The van der Waals surface area contributed by atoms with Crippen LogP contribution in [-0.4, -0.2) is 21.5 Å². The van der Waals surface area contributed by atoms with Crippen molar-refractivity contribution >= 4 is 6.29 Å². The van der Waals surface area contributed by atoms with Gasteiger partial charge in [-0.2, -0.15) is 0 Å². The largest absolute Gasteiger partial charge is 0.506 e. The molecule has 4 heteroatoms. The topological polar surface area (TPSA) is 70.4 Å². The predicted molar refractivity (Wildman–Crippen MR) is 33.0 cm³/mol. The molecule has 0 aliphatic carbocycles. The van der Waals surface area contributed by atoms with Crippen LogP contribution in [0.25, 0.3) is 0 Å². The first kappa shape index (κ1) is 6.54. The van der Waals surface area contributed by atoms with E-state index in [0.717, 1.165) is 12.3 Å². The predicted octanol–water partition coefficient (Wildman–Crippen LogP) is 0.305. The van der Waals surface area contributed by atoms with Gasteiger partial charge < -0.3 is 10.2 Å². The molecule has 10 heavy (non-hydrogen) atoms. The Balaban J connectivity index is 3.19. The maximum Gasteiger partial charge on any atom is 0.172 e. The lowest BCUT2D eigenvalue weighted by Gasteiger charge is -1.94. The number of hydrogen-bond donors (Lipinski definition) is 2. The quantitative estimate of drug-likeness (QED) is 0.549. The van der Waals surface area contributed by atoms with Crippen molar-refractivity contribution in [2.45, 2.75) is 0 Å². The zero-order valence-corrected chi connectivity index (χ0v) is 4.98. The molecule has 0 aromatic carbocycles.